The molecule has 100 valence electrons. The number of hydrogen-bond acceptors (Lipinski definition) is 3. The lowest BCUT2D eigenvalue weighted by atomic mass is 10.1. The van der Waals surface area contributed by atoms with E-state index in [1.165, 1.54) is 19.3 Å². The van der Waals surface area contributed by atoms with Crippen molar-refractivity contribution in [3.63, 3.8) is 0 Å². The minimum atomic E-state index is -0.245. The third kappa shape index (κ3) is 2.75. The summed E-state index contributed by atoms with van der Waals surface area (Å²) in [4.78, 5) is 14.5. The lowest BCUT2D eigenvalue weighted by Gasteiger charge is -2.33. The summed E-state index contributed by atoms with van der Waals surface area (Å²) in [7, 11) is 1.98. The molecule has 0 aliphatic carbocycles. The van der Waals surface area contributed by atoms with Crippen LogP contribution in [0.3, 0.4) is 0 Å². The van der Waals surface area contributed by atoms with Crippen molar-refractivity contribution in [1.82, 2.24) is 9.47 Å². The number of carbonyl (C=O) groups excluding carboxylic acids is 1. The average Bonchev–Trinajstić information content (AvgIpc) is 2.78. The number of ether oxygens (including phenoxy) is 1. The SMILES string of the molecule is CCOC(=O)C(c1cccn1C)N1CCCCC1. The number of aromatic nitrogens is 1. The maximum atomic E-state index is 12.2. The molecular formula is C14H22N2O2. The fraction of sp³-hybridized carbons (Fsp3) is 0.643. The fourth-order valence-electron chi connectivity index (χ4n) is 2.61. The van der Waals surface area contributed by atoms with Crippen molar-refractivity contribution >= 4 is 5.97 Å². The summed E-state index contributed by atoms with van der Waals surface area (Å²) in [6, 6.07) is 3.74. The van der Waals surface area contributed by atoms with Gasteiger partial charge in [-0.15, -0.1) is 0 Å². The lowest BCUT2D eigenvalue weighted by molar-refractivity contribution is -0.150. The largest absolute Gasteiger partial charge is 0.465 e. The van der Waals surface area contributed by atoms with Gasteiger partial charge in [0.15, 0.2) is 0 Å². The summed E-state index contributed by atoms with van der Waals surface area (Å²) in [6.45, 7) is 4.26. The average molecular weight is 250 g/mol. The Kier molecular flexibility index (Phi) is 4.42. The molecule has 2 rings (SSSR count). The van der Waals surface area contributed by atoms with E-state index in [1.807, 2.05) is 36.9 Å². The number of piperidine rings is 1. The first-order valence-corrected chi connectivity index (χ1v) is 6.76. The molecule has 0 N–H and O–H groups in total. The number of aryl methyl sites for hydroxylation is 1. The summed E-state index contributed by atoms with van der Waals surface area (Å²) in [6.07, 6.45) is 5.57. The molecule has 0 spiro atoms. The lowest BCUT2D eigenvalue weighted by Crippen LogP contribution is -2.39. The van der Waals surface area contributed by atoms with Crippen molar-refractivity contribution in [2.24, 2.45) is 7.05 Å². The number of likely N-dealkylation sites (tertiary alicyclic amines) is 1. The third-order valence-electron chi connectivity index (χ3n) is 3.53. The Hall–Kier alpha value is -1.29. The smallest absolute Gasteiger partial charge is 0.329 e. The van der Waals surface area contributed by atoms with Crippen LogP contribution < -0.4 is 0 Å². The first kappa shape index (κ1) is 13.1. The van der Waals surface area contributed by atoms with Crippen LogP contribution in [0.25, 0.3) is 0 Å². The van der Waals surface area contributed by atoms with Crippen LogP contribution in [0, 0.1) is 0 Å². The normalized spacial score (nSPS) is 18.6. The summed E-state index contributed by atoms with van der Waals surface area (Å²) >= 11 is 0. The van der Waals surface area contributed by atoms with E-state index >= 15 is 0 Å². The first-order chi connectivity index (χ1) is 8.74. The molecule has 1 aliphatic rings. The van der Waals surface area contributed by atoms with Crippen molar-refractivity contribution in [2.75, 3.05) is 19.7 Å². The van der Waals surface area contributed by atoms with Gasteiger partial charge in [0, 0.05) is 18.9 Å². The predicted molar refractivity (Wildman–Crippen MR) is 70.2 cm³/mol. The highest BCUT2D eigenvalue weighted by Gasteiger charge is 2.31. The highest BCUT2D eigenvalue weighted by atomic mass is 16.5. The van der Waals surface area contributed by atoms with E-state index in [0.29, 0.717) is 6.61 Å². The van der Waals surface area contributed by atoms with Crippen LogP contribution in [-0.2, 0) is 16.6 Å². The predicted octanol–water partition coefficient (Wildman–Crippen LogP) is 2.12. The van der Waals surface area contributed by atoms with Gasteiger partial charge in [0.1, 0.15) is 6.04 Å². The highest BCUT2D eigenvalue weighted by Crippen LogP contribution is 2.26. The molecule has 4 nitrogen and oxygen atoms in total. The van der Waals surface area contributed by atoms with E-state index in [4.69, 9.17) is 4.74 Å². The molecule has 0 aromatic carbocycles. The Labute approximate surface area is 109 Å². The van der Waals surface area contributed by atoms with Crippen LogP contribution in [0.4, 0.5) is 0 Å². The summed E-state index contributed by atoms with van der Waals surface area (Å²) in [5.74, 6) is -0.124. The molecule has 0 amide bonds. The van der Waals surface area contributed by atoms with E-state index < -0.39 is 0 Å². The number of hydrogen-bond donors (Lipinski definition) is 0. The Morgan fingerprint density at radius 1 is 1.39 bits per heavy atom. The van der Waals surface area contributed by atoms with Gasteiger partial charge in [-0.05, 0) is 45.0 Å². The van der Waals surface area contributed by atoms with Gasteiger partial charge in [-0.2, -0.15) is 0 Å². The van der Waals surface area contributed by atoms with Crippen LogP contribution in [0.5, 0.6) is 0 Å². The zero-order valence-corrected chi connectivity index (χ0v) is 11.3. The molecule has 0 bridgehead atoms. The zero-order valence-electron chi connectivity index (χ0n) is 11.3. The molecule has 1 fully saturated rings. The molecule has 18 heavy (non-hydrogen) atoms. The van der Waals surface area contributed by atoms with Crippen LogP contribution in [-0.4, -0.2) is 35.1 Å². The molecular weight excluding hydrogens is 228 g/mol. The van der Waals surface area contributed by atoms with Gasteiger partial charge in [-0.3, -0.25) is 4.90 Å². The number of rotatable bonds is 4. The molecule has 1 aromatic heterocycles. The molecule has 1 aliphatic heterocycles. The number of carbonyl (C=O) groups is 1. The summed E-state index contributed by atoms with van der Waals surface area (Å²) in [5.41, 5.74) is 1.02. The molecule has 4 heteroatoms. The Bertz CT molecular complexity index is 394. The van der Waals surface area contributed by atoms with E-state index in [-0.39, 0.29) is 12.0 Å². The van der Waals surface area contributed by atoms with Gasteiger partial charge in [-0.25, -0.2) is 4.79 Å². The van der Waals surface area contributed by atoms with Crippen molar-refractivity contribution < 1.29 is 9.53 Å². The van der Waals surface area contributed by atoms with Gasteiger partial charge >= 0.3 is 5.97 Å². The van der Waals surface area contributed by atoms with Crippen molar-refractivity contribution in [3.8, 4) is 0 Å². The van der Waals surface area contributed by atoms with Gasteiger partial charge in [-0.1, -0.05) is 6.42 Å². The molecule has 1 saturated heterocycles. The second-order valence-electron chi connectivity index (χ2n) is 4.80. The van der Waals surface area contributed by atoms with Gasteiger partial charge in [0.2, 0.25) is 0 Å². The van der Waals surface area contributed by atoms with E-state index in [2.05, 4.69) is 4.90 Å². The fourth-order valence-corrected chi connectivity index (χ4v) is 2.61. The summed E-state index contributed by atoms with van der Waals surface area (Å²) in [5, 5.41) is 0. The molecule has 1 unspecified atom stereocenters. The molecule has 2 heterocycles. The first-order valence-electron chi connectivity index (χ1n) is 6.76. The van der Waals surface area contributed by atoms with Gasteiger partial charge < -0.3 is 9.30 Å². The minimum Gasteiger partial charge on any atom is -0.465 e. The second kappa shape index (κ2) is 6.05. The Morgan fingerprint density at radius 3 is 2.67 bits per heavy atom. The zero-order chi connectivity index (χ0) is 13.0. The monoisotopic (exact) mass is 250 g/mol. The van der Waals surface area contributed by atoms with Crippen LogP contribution in [0.1, 0.15) is 37.9 Å². The van der Waals surface area contributed by atoms with E-state index in [1.54, 1.807) is 0 Å². The van der Waals surface area contributed by atoms with Crippen LogP contribution in [0.2, 0.25) is 0 Å². The maximum Gasteiger partial charge on any atom is 0.329 e. The molecule has 0 saturated carbocycles. The van der Waals surface area contributed by atoms with E-state index in [0.717, 1.165) is 18.8 Å². The number of esters is 1. The summed E-state index contributed by atoms with van der Waals surface area (Å²) < 4.78 is 7.25. The van der Waals surface area contributed by atoms with Gasteiger partial charge in [0.05, 0.1) is 6.61 Å². The standard InChI is InChI=1S/C14H22N2O2/c1-3-18-14(17)13(12-8-7-9-15(12)2)16-10-5-4-6-11-16/h7-9,13H,3-6,10-11H2,1-2H3. The molecule has 1 aromatic rings. The Balaban J connectivity index is 2.22. The number of nitrogens with zero attached hydrogens (tertiary/aromatic N) is 2. The third-order valence-corrected chi connectivity index (χ3v) is 3.53. The molecule has 1 atom stereocenters. The topological polar surface area (TPSA) is 34.5 Å². The second-order valence-corrected chi connectivity index (χ2v) is 4.80. The van der Waals surface area contributed by atoms with Crippen molar-refractivity contribution in [2.45, 2.75) is 32.2 Å². The van der Waals surface area contributed by atoms with Crippen LogP contribution in [0.15, 0.2) is 18.3 Å². The van der Waals surface area contributed by atoms with Crippen molar-refractivity contribution in [1.29, 1.82) is 0 Å². The maximum absolute atomic E-state index is 12.2. The Morgan fingerprint density at radius 2 is 2.11 bits per heavy atom. The van der Waals surface area contributed by atoms with Gasteiger partial charge in [0.25, 0.3) is 0 Å². The molecule has 0 radical (unpaired) electrons. The van der Waals surface area contributed by atoms with Crippen molar-refractivity contribution in [3.05, 3.63) is 24.0 Å². The van der Waals surface area contributed by atoms with Crippen LogP contribution >= 0.6 is 0 Å². The minimum absolute atomic E-state index is 0.124. The van der Waals surface area contributed by atoms with E-state index in [9.17, 15) is 4.79 Å². The highest BCUT2D eigenvalue weighted by molar-refractivity contribution is 5.77. The quantitative estimate of drug-likeness (QED) is 0.768.